The second kappa shape index (κ2) is 4.36. The highest BCUT2D eigenvalue weighted by molar-refractivity contribution is 5.93. The number of hydrogen-bond acceptors (Lipinski definition) is 5. The van der Waals surface area contributed by atoms with Crippen molar-refractivity contribution in [2.45, 2.75) is 26.8 Å². The molecule has 2 N–H and O–H groups in total. The van der Waals surface area contributed by atoms with Crippen LogP contribution in [0.5, 0.6) is 0 Å². The molecule has 1 amide bonds. The summed E-state index contributed by atoms with van der Waals surface area (Å²) in [5.41, 5.74) is 1.60. The molecule has 2 aromatic rings. The number of hydrogen-bond donors (Lipinski definition) is 2. The van der Waals surface area contributed by atoms with E-state index < -0.39 is 0 Å². The zero-order chi connectivity index (χ0) is 12.4. The fraction of sp³-hybridized carbons (Fsp3) is 0.400. The maximum Gasteiger partial charge on any atom is 0.276 e. The lowest BCUT2D eigenvalue weighted by Gasteiger charge is -2.09. The lowest BCUT2D eigenvalue weighted by molar-refractivity contribution is 0.0928. The Morgan fingerprint density at radius 2 is 2.24 bits per heavy atom. The summed E-state index contributed by atoms with van der Waals surface area (Å²) in [7, 11) is 0. The number of carbonyl (C=O) groups excluding carboxylic acids is 1. The predicted octanol–water partition coefficient (Wildman–Crippen LogP) is 0.901. The Balaban J connectivity index is 2.07. The summed E-state index contributed by atoms with van der Waals surface area (Å²) in [6.07, 6.45) is 1.71. The van der Waals surface area contributed by atoms with E-state index >= 15 is 0 Å². The molecular weight excluding hydrogens is 222 g/mol. The maximum atomic E-state index is 11.8. The van der Waals surface area contributed by atoms with Crippen LogP contribution in [-0.4, -0.2) is 26.2 Å². The van der Waals surface area contributed by atoms with Crippen molar-refractivity contribution in [3.05, 3.63) is 29.1 Å². The summed E-state index contributed by atoms with van der Waals surface area (Å²) in [4.78, 5) is 19.0. The van der Waals surface area contributed by atoms with E-state index in [1.54, 1.807) is 13.1 Å². The minimum atomic E-state index is -0.328. The standard InChI is InChI=1S/C10H13N5O2/c1-5-4-11-9(12-5)7(3)13-10(16)8-6(2)14-17-15-8/h4,7H,1-3H3,(H,11,12)(H,13,16). The molecule has 2 aromatic heterocycles. The van der Waals surface area contributed by atoms with Gasteiger partial charge in [0.2, 0.25) is 0 Å². The number of nitrogens with one attached hydrogen (secondary N) is 2. The number of amides is 1. The zero-order valence-corrected chi connectivity index (χ0v) is 9.81. The molecule has 7 nitrogen and oxygen atoms in total. The van der Waals surface area contributed by atoms with Gasteiger partial charge in [0, 0.05) is 11.9 Å². The van der Waals surface area contributed by atoms with E-state index in [4.69, 9.17) is 0 Å². The van der Waals surface area contributed by atoms with E-state index in [0.717, 1.165) is 5.69 Å². The minimum absolute atomic E-state index is 0.195. The van der Waals surface area contributed by atoms with Crippen molar-refractivity contribution in [1.29, 1.82) is 0 Å². The van der Waals surface area contributed by atoms with Gasteiger partial charge in [0.25, 0.3) is 5.91 Å². The molecule has 2 heterocycles. The lowest BCUT2D eigenvalue weighted by Crippen LogP contribution is -2.28. The summed E-state index contributed by atoms with van der Waals surface area (Å²) in [5.74, 6) is 0.371. The van der Waals surface area contributed by atoms with E-state index in [9.17, 15) is 4.79 Å². The van der Waals surface area contributed by atoms with Gasteiger partial charge in [0.15, 0.2) is 5.69 Å². The number of aryl methyl sites for hydroxylation is 2. The third-order valence-corrected chi connectivity index (χ3v) is 2.35. The van der Waals surface area contributed by atoms with Crippen molar-refractivity contribution in [2.75, 3.05) is 0 Å². The van der Waals surface area contributed by atoms with Crippen molar-refractivity contribution < 1.29 is 9.42 Å². The molecule has 0 saturated carbocycles. The molecule has 0 fully saturated rings. The van der Waals surface area contributed by atoms with E-state index in [2.05, 4.69) is 30.2 Å². The first-order chi connectivity index (χ1) is 8.08. The molecule has 0 aliphatic carbocycles. The molecule has 7 heteroatoms. The predicted molar refractivity (Wildman–Crippen MR) is 58.2 cm³/mol. The average molecular weight is 235 g/mol. The molecule has 17 heavy (non-hydrogen) atoms. The van der Waals surface area contributed by atoms with Gasteiger partial charge in [-0.05, 0) is 25.9 Å². The number of carbonyl (C=O) groups is 1. The van der Waals surface area contributed by atoms with Crippen LogP contribution in [0, 0.1) is 13.8 Å². The molecule has 1 unspecified atom stereocenters. The molecule has 0 spiro atoms. The van der Waals surface area contributed by atoms with Gasteiger partial charge in [-0.3, -0.25) is 4.79 Å². The number of nitrogens with zero attached hydrogens (tertiary/aromatic N) is 3. The Morgan fingerprint density at radius 3 is 2.76 bits per heavy atom. The summed E-state index contributed by atoms with van der Waals surface area (Å²) < 4.78 is 4.47. The number of rotatable bonds is 3. The second-order valence-corrected chi connectivity index (χ2v) is 3.84. The van der Waals surface area contributed by atoms with Crippen LogP contribution in [0.1, 0.15) is 40.7 Å². The molecule has 90 valence electrons. The summed E-state index contributed by atoms with van der Waals surface area (Å²) in [6.45, 7) is 5.39. The van der Waals surface area contributed by atoms with Gasteiger partial charge in [-0.25, -0.2) is 9.61 Å². The number of aromatic nitrogens is 4. The Bertz CT molecular complexity index is 530. The van der Waals surface area contributed by atoms with Gasteiger partial charge < -0.3 is 10.3 Å². The minimum Gasteiger partial charge on any atom is -0.344 e. The first kappa shape index (κ1) is 11.3. The number of H-pyrrole nitrogens is 1. The van der Waals surface area contributed by atoms with Crippen molar-refractivity contribution >= 4 is 5.91 Å². The van der Waals surface area contributed by atoms with Crippen LogP contribution < -0.4 is 5.32 Å². The van der Waals surface area contributed by atoms with E-state index in [0.29, 0.717) is 11.5 Å². The highest BCUT2D eigenvalue weighted by atomic mass is 16.6. The van der Waals surface area contributed by atoms with Gasteiger partial charge in [-0.1, -0.05) is 5.16 Å². The molecule has 0 aliphatic rings. The van der Waals surface area contributed by atoms with Crippen LogP contribution in [0.4, 0.5) is 0 Å². The molecule has 0 aromatic carbocycles. The second-order valence-electron chi connectivity index (χ2n) is 3.84. The van der Waals surface area contributed by atoms with Crippen molar-refractivity contribution in [1.82, 2.24) is 25.6 Å². The third-order valence-electron chi connectivity index (χ3n) is 2.35. The van der Waals surface area contributed by atoms with Crippen molar-refractivity contribution in [2.24, 2.45) is 0 Å². The quantitative estimate of drug-likeness (QED) is 0.823. The topological polar surface area (TPSA) is 96.7 Å². The van der Waals surface area contributed by atoms with E-state index in [-0.39, 0.29) is 17.6 Å². The van der Waals surface area contributed by atoms with Gasteiger partial charge >= 0.3 is 0 Å². The first-order valence-electron chi connectivity index (χ1n) is 5.19. The van der Waals surface area contributed by atoms with Crippen LogP contribution in [0.2, 0.25) is 0 Å². The Labute approximate surface area is 97.6 Å². The Hall–Kier alpha value is -2.18. The van der Waals surface area contributed by atoms with Crippen LogP contribution in [0.15, 0.2) is 10.8 Å². The lowest BCUT2D eigenvalue weighted by atomic mass is 10.2. The van der Waals surface area contributed by atoms with Gasteiger partial charge in [-0.15, -0.1) is 0 Å². The van der Waals surface area contributed by atoms with Crippen molar-refractivity contribution in [3.8, 4) is 0 Å². The molecule has 0 aliphatic heterocycles. The Morgan fingerprint density at radius 1 is 1.47 bits per heavy atom. The van der Waals surface area contributed by atoms with Crippen LogP contribution >= 0.6 is 0 Å². The molecule has 2 rings (SSSR count). The highest BCUT2D eigenvalue weighted by Gasteiger charge is 2.18. The summed E-state index contributed by atoms with van der Waals surface area (Å²) >= 11 is 0. The molecular formula is C10H13N5O2. The van der Waals surface area contributed by atoms with Gasteiger partial charge in [0.05, 0.1) is 6.04 Å². The number of aromatic amines is 1. The molecule has 0 saturated heterocycles. The van der Waals surface area contributed by atoms with E-state index in [1.807, 2.05) is 13.8 Å². The van der Waals surface area contributed by atoms with Crippen LogP contribution in [-0.2, 0) is 0 Å². The molecule has 1 atom stereocenters. The molecule has 0 bridgehead atoms. The zero-order valence-electron chi connectivity index (χ0n) is 9.81. The smallest absolute Gasteiger partial charge is 0.276 e. The summed E-state index contributed by atoms with van der Waals surface area (Å²) in [6, 6.07) is -0.229. The van der Waals surface area contributed by atoms with Crippen molar-refractivity contribution in [3.63, 3.8) is 0 Å². The third kappa shape index (κ3) is 2.32. The largest absolute Gasteiger partial charge is 0.344 e. The fourth-order valence-corrected chi connectivity index (χ4v) is 1.42. The average Bonchev–Trinajstić information content (AvgIpc) is 2.86. The monoisotopic (exact) mass is 235 g/mol. The van der Waals surface area contributed by atoms with Crippen LogP contribution in [0.3, 0.4) is 0 Å². The highest BCUT2D eigenvalue weighted by Crippen LogP contribution is 2.09. The first-order valence-corrected chi connectivity index (χ1v) is 5.19. The van der Waals surface area contributed by atoms with Gasteiger partial charge in [-0.2, -0.15) is 0 Å². The van der Waals surface area contributed by atoms with E-state index in [1.165, 1.54) is 0 Å². The van der Waals surface area contributed by atoms with Gasteiger partial charge in [0.1, 0.15) is 11.5 Å². The normalized spacial score (nSPS) is 12.4. The summed E-state index contributed by atoms with van der Waals surface area (Å²) in [5, 5.41) is 9.85. The SMILES string of the molecule is Cc1cnc(C(C)NC(=O)c2nonc2C)[nH]1. The fourth-order valence-electron chi connectivity index (χ4n) is 1.42. The van der Waals surface area contributed by atoms with Crippen LogP contribution in [0.25, 0.3) is 0 Å². The molecule has 0 radical (unpaired) electrons. The Kier molecular flexibility index (Phi) is 2.90. The maximum absolute atomic E-state index is 11.8. The number of imidazole rings is 1.